The van der Waals surface area contributed by atoms with Crippen molar-refractivity contribution in [2.24, 2.45) is 0 Å². The quantitative estimate of drug-likeness (QED) is 0.187. The molecule has 0 radical (unpaired) electrons. The van der Waals surface area contributed by atoms with E-state index in [0.717, 1.165) is 36.3 Å². The lowest BCUT2D eigenvalue weighted by Crippen LogP contribution is -2.43. The number of unbranched alkanes of at least 4 members (excludes halogenated alkanes) is 2. The standard InChI is InChI=1S/C31H32N4O3/c1-4-6-17-34-30(36)27(22(3)28(20-32)31(34)37)19-24-21-35(25-11-9-8-10-12-25)33-29(24)23-13-15-26(16-14-23)38-18-7-5-2/h8-16,19,21H,4-7,17-18H2,1-3H3/b27-19+. The van der Waals surface area contributed by atoms with Gasteiger partial charge in [-0.1, -0.05) is 44.9 Å². The number of rotatable bonds is 10. The van der Waals surface area contributed by atoms with Crippen molar-refractivity contribution in [1.29, 1.82) is 5.26 Å². The van der Waals surface area contributed by atoms with E-state index >= 15 is 0 Å². The fourth-order valence-corrected chi connectivity index (χ4v) is 4.28. The molecule has 1 aliphatic rings. The first kappa shape index (κ1) is 26.6. The van der Waals surface area contributed by atoms with E-state index < -0.39 is 11.8 Å². The van der Waals surface area contributed by atoms with Crippen molar-refractivity contribution in [1.82, 2.24) is 14.7 Å². The van der Waals surface area contributed by atoms with Crippen LogP contribution in [-0.2, 0) is 9.59 Å². The van der Waals surface area contributed by atoms with Gasteiger partial charge in [0, 0.05) is 29.4 Å². The zero-order valence-corrected chi connectivity index (χ0v) is 22.1. The lowest BCUT2D eigenvalue weighted by Gasteiger charge is -2.27. The van der Waals surface area contributed by atoms with E-state index in [1.807, 2.05) is 73.8 Å². The van der Waals surface area contributed by atoms with Crippen molar-refractivity contribution in [3.63, 3.8) is 0 Å². The van der Waals surface area contributed by atoms with Crippen LogP contribution in [0.15, 0.2) is 77.5 Å². The molecule has 4 rings (SSSR count). The molecule has 7 heteroatoms. The van der Waals surface area contributed by atoms with Crippen LogP contribution in [0.2, 0.25) is 0 Å². The molecule has 0 saturated carbocycles. The summed E-state index contributed by atoms with van der Waals surface area (Å²) in [6.07, 6.45) is 7.16. The number of carbonyl (C=O) groups excluding carboxylic acids is 2. The van der Waals surface area contributed by atoms with Gasteiger partial charge in [-0.25, -0.2) is 4.68 Å². The first-order valence-electron chi connectivity index (χ1n) is 13.1. The highest BCUT2D eigenvalue weighted by Crippen LogP contribution is 2.32. The van der Waals surface area contributed by atoms with E-state index in [1.54, 1.807) is 17.7 Å². The fraction of sp³-hybridized carbons (Fsp3) is 0.290. The fourth-order valence-electron chi connectivity index (χ4n) is 4.28. The van der Waals surface area contributed by atoms with E-state index in [4.69, 9.17) is 9.84 Å². The summed E-state index contributed by atoms with van der Waals surface area (Å²) in [6, 6.07) is 19.5. The van der Waals surface area contributed by atoms with Gasteiger partial charge in [-0.15, -0.1) is 0 Å². The number of nitrogens with zero attached hydrogens (tertiary/aromatic N) is 4. The molecule has 1 aromatic heterocycles. The number of ether oxygens (including phenoxy) is 1. The number of hydrogen-bond acceptors (Lipinski definition) is 5. The van der Waals surface area contributed by atoms with E-state index in [-0.39, 0.29) is 12.1 Å². The van der Waals surface area contributed by atoms with Gasteiger partial charge in [-0.2, -0.15) is 10.4 Å². The van der Waals surface area contributed by atoms with Crippen LogP contribution in [0.3, 0.4) is 0 Å². The van der Waals surface area contributed by atoms with Crippen LogP contribution < -0.4 is 4.74 Å². The number of hydrogen-bond donors (Lipinski definition) is 0. The number of aromatic nitrogens is 2. The zero-order chi connectivity index (χ0) is 27.1. The Bertz CT molecular complexity index is 1410. The van der Waals surface area contributed by atoms with Gasteiger partial charge in [0.2, 0.25) is 0 Å². The minimum atomic E-state index is -0.528. The van der Waals surface area contributed by atoms with Gasteiger partial charge < -0.3 is 4.74 Å². The van der Waals surface area contributed by atoms with E-state index in [1.165, 1.54) is 4.90 Å². The Morgan fingerprint density at radius 2 is 1.68 bits per heavy atom. The Balaban J connectivity index is 1.81. The van der Waals surface area contributed by atoms with E-state index in [0.29, 0.717) is 35.4 Å². The van der Waals surface area contributed by atoms with Gasteiger partial charge in [-0.05, 0) is 67.8 Å². The molecule has 1 aliphatic heterocycles. The van der Waals surface area contributed by atoms with Gasteiger partial charge >= 0.3 is 0 Å². The predicted octanol–water partition coefficient (Wildman–Crippen LogP) is 6.11. The van der Waals surface area contributed by atoms with Gasteiger partial charge in [0.05, 0.1) is 18.0 Å². The lowest BCUT2D eigenvalue weighted by atomic mass is 9.93. The summed E-state index contributed by atoms with van der Waals surface area (Å²) < 4.78 is 7.58. The van der Waals surface area contributed by atoms with Crippen molar-refractivity contribution < 1.29 is 14.3 Å². The largest absolute Gasteiger partial charge is 0.494 e. The minimum absolute atomic E-state index is 0.00228. The molecule has 0 unspecified atom stereocenters. The molecule has 2 heterocycles. The smallest absolute Gasteiger partial charge is 0.271 e. The molecule has 3 aromatic rings. The van der Waals surface area contributed by atoms with Crippen molar-refractivity contribution >= 4 is 17.9 Å². The molecule has 0 aliphatic carbocycles. The average molecular weight is 509 g/mol. The summed E-state index contributed by atoms with van der Waals surface area (Å²) in [5.74, 6) is -0.132. The Labute approximate surface area is 223 Å². The van der Waals surface area contributed by atoms with Gasteiger partial charge in [-0.3, -0.25) is 14.5 Å². The second-order valence-corrected chi connectivity index (χ2v) is 9.22. The molecular weight excluding hydrogens is 476 g/mol. The highest BCUT2D eigenvalue weighted by atomic mass is 16.5. The van der Waals surface area contributed by atoms with Crippen LogP contribution >= 0.6 is 0 Å². The van der Waals surface area contributed by atoms with Crippen LogP contribution in [0.1, 0.15) is 52.0 Å². The molecule has 0 bridgehead atoms. The van der Waals surface area contributed by atoms with Crippen LogP contribution in [-0.4, -0.2) is 39.6 Å². The van der Waals surface area contributed by atoms with E-state index in [9.17, 15) is 14.9 Å². The molecule has 38 heavy (non-hydrogen) atoms. The third kappa shape index (κ3) is 5.60. The Kier molecular flexibility index (Phi) is 8.55. The maximum atomic E-state index is 13.5. The summed E-state index contributed by atoms with van der Waals surface area (Å²) in [5.41, 5.74) is 3.82. The van der Waals surface area contributed by atoms with Crippen LogP contribution in [0.5, 0.6) is 5.75 Å². The normalized spacial score (nSPS) is 14.8. The molecule has 0 atom stereocenters. The Hall–Kier alpha value is -4.44. The summed E-state index contributed by atoms with van der Waals surface area (Å²) in [4.78, 5) is 27.5. The highest BCUT2D eigenvalue weighted by Gasteiger charge is 2.35. The number of benzene rings is 2. The van der Waals surface area contributed by atoms with Crippen LogP contribution in [0.4, 0.5) is 0 Å². The maximum absolute atomic E-state index is 13.5. The molecule has 7 nitrogen and oxygen atoms in total. The van der Waals surface area contributed by atoms with Gasteiger partial charge in [0.15, 0.2) is 0 Å². The second kappa shape index (κ2) is 12.2. The third-order valence-corrected chi connectivity index (χ3v) is 6.52. The summed E-state index contributed by atoms with van der Waals surface area (Å²) in [6.45, 7) is 6.71. The summed E-state index contributed by atoms with van der Waals surface area (Å²) in [5, 5.41) is 14.6. The molecular formula is C31H32N4O3. The molecule has 0 fully saturated rings. The number of carbonyl (C=O) groups is 2. The van der Waals surface area contributed by atoms with Crippen molar-refractivity contribution in [3.05, 3.63) is 83.1 Å². The Morgan fingerprint density at radius 3 is 2.34 bits per heavy atom. The maximum Gasteiger partial charge on any atom is 0.271 e. The number of imide groups is 1. The molecule has 2 aromatic carbocycles. The lowest BCUT2D eigenvalue weighted by molar-refractivity contribution is -0.140. The first-order valence-corrected chi connectivity index (χ1v) is 13.1. The van der Waals surface area contributed by atoms with Crippen molar-refractivity contribution in [2.75, 3.05) is 13.2 Å². The van der Waals surface area contributed by atoms with Crippen LogP contribution in [0.25, 0.3) is 23.0 Å². The van der Waals surface area contributed by atoms with Gasteiger partial charge in [0.1, 0.15) is 17.4 Å². The highest BCUT2D eigenvalue weighted by molar-refractivity contribution is 6.19. The number of nitriles is 1. The first-order chi connectivity index (χ1) is 18.5. The molecule has 2 amide bonds. The SMILES string of the molecule is CCCCOc1ccc(-c2nn(-c3ccccc3)cc2/C=C2/C(=O)N(CCCC)C(=O)C(C#N)=C2C)cc1. The molecule has 0 N–H and O–H groups in total. The summed E-state index contributed by atoms with van der Waals surface area (Å²) >= 11 is 0. The molecule has 0 saturated heterocycles. The van der Waals surface area contributed by atoms with E-state index in [2.05, 4.69) is 6.92 Å². The van der Waals surface area contributed by atoms with Crippen molar-refractivity contribution in [2.45, 2.75) is 46.5 Å². The number of amides is 2. The third-order valence-electron chi connectivity index (χ3n) is 6.52. The predicted molar refractivity (Wildman–Crippen MR) is 147 cm³/mol. The number of para-hydroxylation sites is 1. The Morgan fingerprint density at radius 1 is 0.974 bits per heavy atom. The van der Waals surface area contributed by atoms with Gasteiger partial charge in [0.25, 0.3) is 11.8 Å². The van der Waals surface area contributed by atoms with Crippen LogP contribution in [0, 0.1) is 11.3 Å². The van der Waals surface area contributed by atoms with Crippen molar-refractivity contribution in [3.8, 4) is 28.8 Å². The molecule has 194 valence electrons. The minimum Gasteiger partial charge on any atom is -0.494 e. The molecule has 0 spiro atoms. The monoisotopic (exact) mass is 508 g/mol. The summed E-state index contributed by atoms with van der Waals surface area (Å²) in [7, 11) is 0. The second-order valence-electron chi connectivity index (χ2n) is 9.22. The topological polar surface area (TPSA) is 88.2 Å². The zero-order valence-electron chi connectivity index (χ0n) is 22.1. The average Bonchev–Trinajstić information content (AvgIpc) is 3.36.